The van der Waals surface area contributed by atoms with Crippen molar-refractivity contribution in [1.29, 1.82) is 0 Å². The van der Waals surface area contributed by atoms with Gasteiger partial charge in [-0.1, -0.05) is 13.0 Å². The summed E-state index contributed by atoms with van der Waals surface area (Å²) in [5, 5.41) is 11.4. The summed E-state index contributed by atoms with van der Waals surface area (Å²) < 4.78 is 7.36. The smallest absolute Gasteiger partial charge is 0.260 e. The van der Waals surface area contributed by atoms with Crippen LogP contribution in [0.25, 0.3) is 11.5 Å². The number of nitrogens with zero attached hydrogens (tertiary/aromatic N) is 5. The topological polar surface area (TPSA) is 85.2 Å². The number of pyridine rings is 1. The van der Waals surface area contributed by atoms with Crippen LogP contribution in [0.5, 0.6) is 5.75 Å². The Morgan fingerprint density at radius 3 is 2.90 bits per heavy atom. The van der Waals surface area contributed by atoms with E-state index in [2.05, 4.69) is 22.4 Å². The van der Waals surface area contributed by atoms with Crippen molar-refractivity contribution in [2.45, 2.75) is 33.0 Å². The van der Waals surface area contributed by atoms with Gasteiger partial charge in [0.1, 0.15) is 23.6 Å². The highest BCUT2D eigenvalue weighted by atomic mass is 16.5. The van der Waals surface area contributed by atoms with Gasteiger partial charge in [0.2, 0.25) is 0 Å². The van der Waals surface area contributed by atoms with Gasteiger partial charge in [0.05, 0.1) is 13.7 Å². The molecule has 8 nitrogen and oxygen atoms in total. The number of carbonyl (C=O) groups excluding carboxylic acids is 1. The summed E-state index contributed by atoms with van der Waals surface area (Å²) in [7, 11) is 3.50. The second-order valence-electron chi connectivity index (χ2n) is 6.96. The molecule has 2 aromatic heterocycles. The van der Waals surface area contributed by atoms with E-state index in [1.165, 1.54) is 0 Å². The van der Waals surface area contributed by atoms with Crippen LogP contribution in [0.4, 0.5) is 5.82 Å². The van der Waals surface area contributed by atoms with E-state index in [1.807, 2.05) is 35.9 Å². The molecule has 0 saturated heterocycles. The fraction of sp³-hybridized carbons (Fsp3) is 0.333. The third-order valence-corrected chi connectivity index (χ3v) is 5.03. The monoisotopic (exact) mass is 392 g/mol. The average Bonchev–Trinajstić information content (AvgIpc) is 3.33. The van der Waals surface area contributed by atoms with E-state index in [1.54, 1.807) is 24.4 Å². The second-order valence-corrected chi connectivity index (χ2v) is 6.96. The van der Waals surface area contributed by atoms with E-state index in [9.17, 15) is 4.79 Å². The van der Waals surface area contributed by atoms with Gasteiger partial charge in [-0.3, -0.25) is 9.69 Å². The Balaban J connectivity index is 1.70. The summed E-state index contributed by atoms with van der Waals surface area (Å²) in [6.45, 7) is 4.06. The molecule has 3 heterocycles. The number of rotatable bonds is 7. The molecule has 8 heteroatoms. The quantitative estimate of drug-likeness (QED) is 0.665. The Bertz CT molecular complexity index is 1050. The van der Waals surface area contributed by atoms with Gasteiger partial charge < -0.3 is 14.6 Å². The van der Waals surface area contributed by atoms with Crippen LogP contribution in [0.1, 0.15) is 34.8 Å². The van der Waals surface area contributed by atoms with Crippen LogP contribution in [-0.2, 0) is 19.6 Å². The number of ether oxygens (including phenoxy) is 1. The maximum Gasteiger partial charge on any atom is 0.260 e. The van der Waals surface area contributed by atoms with Gasteiger partial charge in [-0.2, -0.15) is 0 Å². The number of fused-ring (bicyclic) bond motifs is 1. The van der Waals surface area contributed by atoms with Crippen LogP contribution >= 0.6 is 0 Å². The Morgan fingerprint density at radius 1 is 1.28 bits per heavy atom. The first-order valence-corrected chi connectivity index (χ1v) is 9.67. The summed E-state index contributed by atoms with van der Waals surface area (Å²) in [4.78, 5) is 19.6. The molecule has 1 aliphatic heterocycles. The lowest BCUT2D eigenvalue weighted by molar-refractivity contribution is 0.0995. The molecule has 1 N–H and O–H groups in total. The van der Waals surface area contributed by atoms with Crippen molar-refractivity contribution in [2.75, 3.05) is 19.1 Å². The lowest BCUT2D eigenvalue weighted by atomic mass is 10.0. The number of benzene rings is 1. The molecular weight excluding hydrogens is 368 g/mol. The van der Waals surface area contributed by atoms with Crippen molar-refractivity contribution in [2.24, 2.45) is 0 Å². The number of carbonyl (C=O) groups is 1. The van der Waals surface area contributed by atoms with E-state index in [0.717, 1.165) is 24.1 Å². The molecule has 0 atom stereocenters. The van der Waals surface area contributed by atoms with Gasteiger partial charge in [-0.25, -0.2) is 4.98 Å². The van der Waals surface area contributed by atoms with Crippen molar-refractivity contribution in [3.63, 3.8) is 0 Å². The van der Waals surface area contributed by atoms with Crippen LogP contribution in [0.2, 0.25) is 0 Å². The molecule has 0 bridgehead atoms. The molecular formula is C21H24N6O2. The number of hydrogen-bond acceptors (Lipinski definition) is 6. The number of amides is 1. The SMILES string of the molecule is CCCn1cnnc1-c1cccc(N2Cc3c(CNC)cc(OC)cc3C2=O)n1. The highest BCUT2D eigenvalue weighted by Crippen LogP contribution is 2.33. The fourth-order valence-electron chi connectivity index (χ4n) is 3.66. The average molecular weight is 392 g/mol. The number of hydrogen-bond donors (Lipinski definition) is 1. The molecule has 0 aliphatic carbocycles. The molecule has 4 rings (SSSR count). The first-order chi connectivity index (χ1) is 14.2. The molecule has 0 saturated carbocycles. The van der Waals surface area contributed by atoms with Gasteiger partial charge >= 0.3 is 0 Å². The maximum absolute atomic E-state index is 13.2. The zero-order valence-electron chi connectivity index (χ0n) is 16.8. The minimum absolute atomic E-state index is 0.0732. The van der Waals surface area contributed by atoms with Crippen LogP contribution in [-0.4, -0.2) is 39.8 Å². The number of nitrogens with one attached hydrogen (secondary N) is 1. The largest absolute Gasteiger partial charge is 0.497 e. The normalized spacial score (nSPS) is 13.1. The van der Waals surface area contributed by atoms with Gasteiger partial charge in [0, 0.05) is 18.7 Å². The first-order valence-electron chi connectivity index (χ1n) is 9.67. The third-order valence-electron chi connectivity index (χ3n) is 5.03. The molecule has 150 valence electrons. The number of aryl methyl sites for hydroxylation is 1. The highest BCUT2D eigenvalue weighted by Gasteiger charge is 2.32. The zero-order valence-corrected chi connectivity index (χ0v) is 16.8. The van der Waals surface area contributed by atoms with E-state index < -0.39 is 0 Å². The maximum atomic E-state index is 13.2. The van der Waals surface area contributed by atoms with Gasteiger partial charge in [-0.05, 0) is 48.9 Å². The van der Waals surface area contributed by atoms with E-state index in [0.29, 0.717) is 41.7 Å². The summed E-state index contributed by atoms with van der Waals surface area (Å²) in [5.74, 6) is 1.91. The molecule has 1 aromatic carbocycles. The van der Waals surface area contributed by atoms with E-state index in [-0.39, 0.29) is 5.91 Å². The molecule has 1 aliphatic rings. The van der Waals surface area contributed by atoms with Crippen LogP contribution < -0.4 is 15.0 Å². The van der Waals surface area contributed by atoms with Crippen molar-refractivity contribution >= 4 is 11.7 Å². The van der Waals surface area contributed by atoms with Crippen molar-refractivity contribution in [1.82, 2.24) is 25.1 Å². The van der Waals surface area contributed by atoms with E-state index in [4.69, 9.17) is 9.72 Å². The third kappa shape index (κ3) is 3.47. The molecule has 3 aromatic rings. The lowest BCUT2D eigenvalue weighted by Crippen LogP contribution is -2.24. The van der Waals surface area contributed by atoms with Crippen LogP contribution in [0.15, 0.2) is 36.7 Å². The second kappa shape index (κ2) is 8.00. The van der Waals surface area contributed by atoms with Gasteiger partial charge in [0.25, 0.3) is 5.91 Å². The Hall–Kier alpha value is -3.26. The Labute approximate surface area is 169 Å². The number of aromatic nitrogens is 4. The van der Waals surface area contributed by atoms with Gasteiger partial charge in [0.15, 0.2) is 5.82 Å². The molecule has 0 unspecified atom stereocenters. The fourth-order valence-corrected chi connectivity index (χ4v) is 3.66. The minimum Gasteiger partial charge on any atom is -0.497 e. The molecule has 0 spiro atoms. The zero-order chi connectivity index (χ0) is 20.4. The van der Waals surface area contributed by atoms with Crippen molar-refractivity contribution in [3.05, 3.63) is 53.3 Å². The van der Waals surface area contributed by atoms with Crippen molar-refractivity contribution in [3.8, 4) is 17.3 Å². The standard InChI is InChI=1S/C21H24N6O2/c1-4-8-26-13-23-25-20(26)18-6-5-7-19(24-18)27-12-17-14(11-22-2)9-15(29-3)10-16(17)21(27)28/h5-7,9-10,13,22H,4,8,11-12H2,1-3H3. The molecule has 0 fully saturated rings. The number of anilines is 1. The first kappa shape index (κ1) is 19.1. The highest BCUT2D eigenvalue weighted by molar-refractivity contribution is 6.10. The number of methoxy groups -OCH3 is 1. The Morgan fingerprint density at radius 2 is 2.14 bits per heavy atom. The van der Waals surface area contributed by atoms with E-state index >= 15 is 0 Å². The van der Waals surface area contributed by atoms with Gasteiger partial charge in [-0.15, -0.1) is 10.2 Å². The summed E-state index contributed by atoms with van der Waals surface area (Å²) in [6.07, 6.45) is 2.68. The molecule has 0 radical (unpaired) electrons. The van der Waals surface area contributed by atoms with Crippen molar-refractivity contribution < 1.29 is 9.53 Å². The molecule has 1 amide bonds. The summed E-state index contributed by atoms with van der Waals surface area (Å²) >= 11 is 0. The summed E-state index contributed by atoms with van der Waals surface area (Å²) in [5.41, 5.74) is 3.42. The Kier molecular flexibility index (Phi) is 5.26. The minimum atomic E-state index is -0.0732. The van der Waals surface area contributed by atoms with Crippen LogP contribution in [0.3, 0.4) is 0 Å². The summed E-state index contributed by atoms with van der Waals surface area (Å²) in [6, 6.07) is 9.42. The lowest BCUT2D eigenvalue weighted by Gasteiger charge is -2.15. The molecule has 29 heavy (non-hydrogen) atoms. The predicted octanol–water partition coefficient (Wildman–Crippen LogP) is 2.64. The van der Waals surface area contributed by atoms with Crippen LogP contribution in [0, 0.1) is 0 Å². The predicted molar refractivity (Wildman–Crippen MR) is 110 cm³/mol.